The van der Waals surface area contributed by atoms with Crippen LogP contribution in [0, 0.1) is 17.2 Å². The maximum atomic E-state index is 11.6. The second-order valence-electron chi connectivity index (χ2n) is 5.13. The summed E-state index contributed by atoms with van der Waals surface area (Å²) in [4.78, 5) is 11.6. The first-order chi connectivity index (χ1) is 7.71. The Morgan fingerprint density at radius 2 is 2.06 bits per heavy atom. The summed E-state index contributed by atoms with van der Waals surface area (Å²) in [6, 6.07) is 1.12. The zero-order valence-corrected chi connectivity index (χ0v) is 11.2. The van der Waals surface area contributed by atoms with Gasteiger partial charge in [0, 0.05) is 0 Å². The van der Waals surface area contributed by atoms with Crippen LogP contribution in [0.2, 0.25) is 0 Å². The molecule has 0 rings (SSSR count). The van der Waals surface area contributed by atoms with Gasteiger partial charge in [-0.1, -0.05) is 20.3 Å². The number of nitriles is 1. The van der Waals surface area contributed by atoms with Crippen molar-refractivity contribution in [3.8, 4) is 6.07 Å². The Kier molecular flexibility index (Phi) is 5.97. The van der Waals surface area contributed by atoms with E-state index in [4.69, 9.17) is 10.00 Å². The van der Waals surface area contributed by atoms with Crippen molar-refractivity contribution in [3.63, 3.8) is 0 Å². The van der Waals surface area contributed by atoms with Gasteiger partial charge in [-0.3, -0.25) is 0 Å². The van der Waals surface area contributed by atoms with Crippen LogP contribution in [0.4, 0.5) is 4.79 Å². The standard InChI is InChI=1S/C12H22N2O3/c1-6-8(2)10(9(15)7-13)14-11(16)17-12(3,4)5/h8-10,15H,6H2,1-5H3,(H,14,16)/t8-,9?,10+/m1/s1. The highest BCUT2D eigenvalue weighted by Crippen LogP contribution is 2.13. The molecular formula is C12H22N2O3. The summed E-state index contributed by atoms with van der Waals surface area (Å²) in [6.45, 7) is 9.06. The lowest BCUT2D eigenvalue weighted by molar-refractivity contribution is 0.0420. The molecule has 98 valence electrons. The monoisotopic (exact) mass is 242 g/mol. The second kappa shape index (κ2) is 6.45. The summed E-state index contributed by atoms with van der Waals surface area (Å²) < 4.78 is 5.09. The summed E-state index contributed by atoms with van der Waals surface area (Å²) >= 11 is 0. The number of carbonyl (C=O) groups is 1. The van der Waals surface area contributed by atoms with Gasteiger partial charge in [-0.25, -0.2) is 4.79 Å². The number of hydrogen-bond donors (Lipinski definition) is 2. The third-order valence-corrected chi connectivity index (χ3v) is 2.41. The molecule has 0 saturated heterocycles. The van der Waals surface area contributed by atoms with Gasteiger partial charge in [0.25, 0.3) is 0 Å². The average Bonchev–Trinajstić information content (AvgIpc) is 2.21. The minimum absolute atomic E-state index is 0.00262. The van der Waals surface area contributed by atoms with Crippen molar-refractivity contribution in [1.82, 2.24) is 5.32 Å². The van der Waals surface area contributed by atoms with E-state index in [2.05, 4.69) is 5.32 Å². The number of nitrogens with zero attached hydrogens (tertiary/aromatic N) is 1. The Balaban J connectivity index is 4.55. The number of nitrogens with one attached hydrogen (secondary N) is 1. The van der Waals surface area contributed by atoms with Crippen molar-refractivity contribution in [3.05, 3.63) is 0 Å². The fourth-order valence-electron chi connectivity index (χ4n) is 1.31. The molecule has 0 spiro atoms. The quantitative estimate of drug-likeness (QED) is 0.736. The fourth-order valence-corrected chi connectivity index (χ4v) is 1.31. The molecule has 0 bridgehead atoms. The van der Waals surface area contributed by atoms with Crippen LogP contribution in [0.5, 0.6) is 0 Å². The van der Waals surface area contributed by atoms with Crippen molar-refractivity contribution in [2.45, 2.75) is 58.8 Å². The maximum Gasteiger partial charge on any atom is 0.408 e. The van der Waals surface area contributed by atoms with Gasteiger partial charge in [0.2, 0.25) is 0 Å². The molecule has 0 heterocycles. The van der Waals surface area contributed by atoms with E-state index in [0.717, 1.165) is 6.42 Å². The summed E-state index contributed by atoms with van der Waals surface area (Å²) in [7, 11) is 0. The van der Waals surface area contributed by atoms with Crippen LogP contribution in [0.15, 0.2) is 0 Å². The molecule has 0 aliphatic carbocycles. The summed E-state index contributed by atoms with van der Waals surface area (Å²) in [5.41, 5.74) is -0.596. The van der Waals surface area contributed by atoms with Crippen molar-refractivity contribution in [2.75, 3.05) is 0 Å². The molecule has 0 radical (unpaired) electrons. The summed E-state index contributed by atoms with van der Waals surface area (Å²) in [6.07, 6.45) is -1.09. The van der Waals surface area contributed by atoms with Gasteiger partial charge in [0.1, 0.15) is 5.60 Å². The van der Waals surface area contributed by atoms with E-state index in [0.29, 0.717) is 0 Å². The zero-order valence-electron chi connectivity index (χ0n) is 11.2. The predicted molar refractivity (Wildman–Crippen MR) is 64.2 cm³/mol. The maximum absolute atomic E-state index is 11.6. The van der Waals surface area contributed by atoms with Crippen molar-refractivity contribution in [1.29, 1.82) is 5.26 Å². The smallest absolute Gasteiger partial charge is 0.408 e. The Bertz CT molecular complexity index is 291. The molecule has 2 N–H and O–H groups in total. The van der Waals surface area contributed by atoms with Crippen LogP contribution >= 0.6 is 0 Å². The van der Waals surface area contributed by atoms with E-state index in [-0.39, 0.29) is 5.92 Å². The molecule has 1 unspecified atom stereocenters. The van der Waals surface area contributed by atoms with Crippen LogP contribution in [0.25, 0.3) is 0 Å². The minimum Gasteiger partial charge on any atom is -0.444 e. The molecule has 1 amide bonds. The van der Waals surface area contributed by atoms with Gasteiger partial charge >= 0.3 is 6.09 Å². The molecule has 5 heteroatoms. The van der Waals surface area contributed by atoms with E-state index in [1.807, 2.05) is 13.8 Å². The van der Waals surface area contributed by atoms with Gasteiger partial charge in [-0.15, -0.1) is 0 Å². The highest BCUT2D eigenvalue weighted by Gasteiger charge is 2.28. The first-order valence-electron chi connectivity index (χ1n) is 5.78. The number of aliphatic hydroxyl groups excluding tert-OH is 1. The van der Waals surface area contributed by atoms with E-state index in [1.165, 1.54) is 0 Å². The molecule has 3 atom stereocenters. The first-order valence-corrected chi connectivity index (χ1v) is 5.78. The van der Waals surface area contributed by atoms with Crippen molar-refractivity contribution < 1.29 is 14.6 Å². The number of aliphatic hydroxyl groups is 1. The van der Waals surface area contributed by atoms with Gasteiger partial charge < -0.3 is 15.2 Å². The molecule has 0 saturated carbocycles. The topological polar surface area (TPSA) is 82.3 Å². The third kappa shape index (κ3) is 6.12. The molecule has 0 aliphatic heterocycles. The van der Waals surface area contributed by atoms with Gasteiger partial charge in [0.05, 0.1) is 12.1 Å². The molecule has 5 nitrogen and oxygen atoms in total. The van der Waals surface area contributed by atoms with E-state index in [1.54, 1.807) is 26.8 Å². The van der Waals surface area contributed by atoms with Gasteiger partial charge in [0.15, 0.2) is 6.10 Å². The van der Waals surface area contributed by atoms with Crippen molar-refractivity contribution >= 4 is 6.09 Å². The second-order valence-corrected chi connectivity index (χ2v) is 5.13. The van der Waals surface area contributed by atoms with Crippen LogP contribution in [0.3, 0.4) is 0 Å². The molecule has 0 aromatic heterocycles. The number of carbonyl (C=O) groups excluding carboxylic acids is 1. The van der Waals surface area contributed by atoms with Crippen molar-refractivity contribution in [2.24, 2.45) is 5.92 Å². The van der Waals surface area contributed by atoms with Crippen LogP contribution in [-0.4, -0.2) is 28.9 Å². The lowest BCUT2D eigenvalue weighted by atomic mass is 9.95. The zero-order chi connectivity index (χ0) is 13.6. The first kappa shape index (κ1) is 15.7. The van der Waals surface area contributed by atoms with E-state index >= 15 is 0 Å². The minimum atomic E-state index is -1.22. The Labute approximate surface area is 103 Å². The molecule has 0 aromatic rings. The summed E-state index contributed by atoms with van der Waals surface area (Å²) in [5.74, 6) is -0.00262. The molecular weight excluding hydrogens is 220 g/mol. The fraction of sp³-hybridized carbons (Fsp3) is 0.833. The number of hydrogen-bond acceptors (Lipinski definition) is 4. The Morgan fingerprint density at radius 3 is 2.41 bits per heavy atom. The Morgan fingerprint density at radius 1 is 1.53 bits per heavy atom. The lowest BCUT2D eigenvalue weighted by Crippen LogP contribution is -2.48. The largest absolute Gasteiger partial charge is 0.444 e. The van der Waals surface area contributed by atoms with E-state index in [9.17, 15) is 9.90 Å². The number of alkyl carbamates (subject to hydrolysis) is 1. The normalized spacial score (nSPS) is 16.5. The number of amides is 1. The molecule has 17 heavy (non-hydrogen) atoms. The molecule has 0 aromatic carbocycles. The molecule has 0 aliphatic rings. The van der Waals surface area contributed by atoms with Gasteiger partial charge in [-0.2, -0.15) is 5.26 Å². The van der Waals surface area contributed by atoms with Crippen LogP contribution in [-0.2, 0) is 4.74 Å². The number of ether oxygens (including phenoxy) is 1. The van der Waals surface area contributed by atoms with E-state index < -0.39 is 23.8 Å². The van der Waals surface area contributed by atoms with Gasteiger partial charge in [-0.05, 0) is 26.7 Å². The lowest BCUT2D eigenvalue weighted by Gasteiger charge is -2.27. The highest BCUT2D eigenvalue weighted by atomic mass is 16.6. The highest BCUT2D eigenvalue weighted by molar-refractivity contribution is 5.68. The Hall–Kier alpha value is -1.28. The number of rotatable bonds is 4. The van der Waals surface area contributed by atoms with Crippen LogP contribution < -0.4 is 5.32 Å². The third-order valence-electron chi connectivity index (χ3n) is 2.41. The molecule has 0 fully saturated rings. The predicted octanol–water partition coefficient (Wildman–Crippen LogP) is 1.81. The average molecular weight is 242 g/mol. The SMILES string of the molecule is CC[C@@H](C)[C@H](NC(=O)OC(C)(C)C)C(O)C#N. The van der Waals surface area contributed by atoms with Crippen LogP contribution in [0.1, 0.15) is 41.0 Å². The summed E-state index contributed by atoms with van der Waals surface area (Å²) in [5, 5.41) is 20.8.